The van der Waals surface area contributed by atoms with Gasteiger partial charge in [0.25, 0.3) is 0 Å². The van der Waals surface area contributed by atoms with Crippen LogP contribution in [-0.4, -0.2) is 16.7 Å². The highest BCUT2D eigenvalue weighted by Crippen LogP contribution is 2.26. The maximum absolute atomic E-state index is 5.47. The average molecular weight is 205 g/mol. The van der Waals surface area contributed by atoms with E-state index in [4.69, 9.17) is 4.42 Å². The molecule has 2 aromatic rings. The number of hydrogen-bond acceptors (Lipinski definition) is 3. The Bertz CT molecular complexity index is 456. The second kappa shape index (κ2) is 3.81. The standard InChI is InChI=1S/C11H15N3O/c1-4-12-11-6-10(13-14-11)9-5-7(2)15-8(9)3/h5-6H,4H2,1-3H3,(H2,12,13,14). The van der Waals surface area contributed by atoms with Gasteiger partial charge in [0.05, 0.1) is 5.69 Å². The molecule has 0 saturated heterocycles. The lowest BCUT2D eigenvalue weighted by molar-refractivity contribution is 0.505. The largest absolute Gasteiger partial charge is 0.466 e. The van der Waals surface area contributed by atoms with E-state index in [2.05, 4.69) is 15.5 Å². The summed E-state index contributed by atoms with van der Waals surface area (Å²) in [5.74, 6) is 2.70. The summed E-state index contributed by atoms with van der Waals surface area (Å²) in [5.41, 5.74) is 2.06. The highest BCUT2D eigenvalue weighted by molar-refractivity contribution is 5.65. The Balaban J connectivity index is 2.32. The van der Waals surface area contributed by atoms with Crippen LogP contribution in [0.15, 0.2) is 16.5 Å². The number of anilines is 1. The Kier molecular flexibility index (Phi) is 2.49. The molecule has 80 valence electrons. The van der Waals surface area contributed by atoms with Crippen molar-refractivity contribution in [2.24, 2.45) is 0 Å². The molecule has 15 heavy (non-hydrogen) atoms. The van der Waals surface area contributed by atoms with Crippen molar-refractivity contribution in [3.05, 3.63) is 23.7 Å². The first-order valence-electron chi connectivity index (χ1n) is 5.07. The van der Waals surface area contributed by atoms with Crippen molar-refractivity contribution in [2.75, 3.05) is 11.9 Å². The number of rotatable bonds is 3. The van der Waals surface area contributed by atoms with Crippen molar-refractivity contribution in [3.63, 3.8) is 0 Å². The molecule has 0 aliphatic carbocycles. The van der Waals surface area contributed by atoms with E-state index in [1.165, 1.54) is 0 Å². The lowest BCUT2D eigenvalue weighted by Gasteiger charge is -1.93. The minimum Gasteiger partial charge on any atom is -0.466 e. The first-order valence-corrected chi connectivity index (χ1v) is 5.07. The van der Waals surface area contributed by atoms with Crippen molar-refractivity contribution < 1.29 is 4.42 Å². The lowest BCUT2D eigenvalue weighted by Crippen LogP contribution is -1.95. The van der Waals surface area contributed by atoms with Crippen LogP contribution in [-0.2, 0) is 0 Å². The summed E-state index contributed by atoms with van der Waals surface area (Å²) < 4.78 is 5.47. The molecule has 0 atom stereocenters. The van der Waals surface area contributed by atoms with Crippen molar-refractivity contribution in [1.82, 2.24) is 10.2 Å². The van der Waals surface area contributed by atoms with Crippen LogP contribution in [0.25, 0.3) is 11.3 Å². The summed E-state index contributed by atoms with van der Waals surface area (Å²) in [4.78, 5) is 0. The molecule has 0 bridgehead atoms. The van der Waals surface area contributed by atoms with Gasteiger partial charge in [0.15, 0.2) is 0 Å². The molecule has 0 aromatic carbocycles. The van der Waals surface area contributed by atoms with Crippen LogP contribution in [0.2, 0.25) is 0 Å². The molecular formula is C11H15N3O. The van der Waals surface area contributed by atoms with E-state index in [-0.39, 0.29) is 0 Å². The van der Waals surface area contributed by atoms with Gasteiger partial charge in [-0.25, -0.2) is 0 Å². The van der Waals surface area contributed by atoms with Gasteiger partial charge in [0.2, 0.25) is 0 Å². The Labute approximate surface area is 88.7 Å². The van der Waals surface area contributed by atoms with Crippen LogP contribution in [0.5, 0.6) is 0 Å². The fraction of sp³-hybridized carbons (Fsp3) is 0.364. The Morgan fingerprint density at radius 3 is 2.80 bits per heavy atom. The second-order valence-electron chi connectivity index (χ2n) is 3.52. The molecule has 2 N–H and O–H groups in total. The maximum Gasteiger partial charge on any atom is 0.148 e. The molecule has 0 aliphatic heterocycles. The van der Waals surface area contributed by atoms with E-state index in [0.29, 0.717) is 0 Å². The van der Waals surface area contributed by atoms with Gasteiger partial charge in [-0.2, -0.15) is 5.10 Å². The van der Waals surface area contributed by atoms with Crippen molar-refractivity contribution >= 4 is 5.82 Å². The third-order valence-corrected chi connectivity index (χ3v) is 2.27. The van der Waals surface area contributed by atoms with Crippen LogP contribution >= 0.6 is 0 Å². The van der Waals surface area contributed by atoms with Crippen molar-refractivity contribution in [3.8, 4) is 11.3 Å². The van der Waals surface area contributed by atoms with Gasteiger partial charge in [0.1, 0.15) is 17.3 Å². The molecule has 0 radical (unpaired) electrons. The summed E-state index contributed by atoms with van der Waals surface area (Å²) in [6.07, 6.45) is 0. The van der Waals surface area contributed by atoms with E-state index < -0.39 is 0 Å². The summed E-state index contributed by atoms with van der Waals surface area (Å²) in [5, 5.41) is 10.3. The lowest BCUT2D eigenvalue weighted by atomic mass is 10.2. The number of nitrogens with zero attached hydrogens (tertiary/aromatic N) is 1. The SMILES string of the molecule is CCNc1cc(-c2cc(C)oc2C)[nH]n1. The number of aryl methyl sites for hydroxylation is 2. The topological polar surface area (TPSA) is 53.9 Å². The van der Waals surface area contributed by atoms with Gasteiger partial charge in [-0.1, -0.05) is 0 Å². The van der Waals surface area contributed by atoms with Gasteiger partial charge in [-0.3, -0.25) is 5.10 Å². The molecular weight excluding hydrogens is 190 g/mol. The summed E-state index contributed by atoms with van der Waals surface area (Å²) >= 11 is 0. The molecule has 0 amide bonds. The molecule has 4 nitrogen and oxygen atoms in total. The van der Waals surface area contributed by atoms with E-state index in [1.807, 2.05) is 32.9 Å². The van der Waals surface area contributed by atoms with Crippen LogP contribution in [0.3, 0.4) is 0 Å². The predicted molar refractivity (Wildman–Crippen MR) is 59.9 cm³/mol. The second-order valence-corrected chi connectivity index (χ2v) is 3.52. The van der Waals surface area contributed by atoms with Crippen LogP contribution < -0.4 is 5.32 Å². The number of aromatic nitrogens is 2. The fourth-order valence-corrected chi connectivity index (χ4v) is 1.63. The zero-order chi connectivity index (χ0) is 10.8. The van der Waals surface area contributed by atoms with Crippen molar-refractivity contribution in [1.29, 1.82) is 0 Å². The zero-order valence-electron chi connectivity index (χ0n) is 9.22. The van der Waals surface area contributed by atoms with E-state index in [0.717, 1.165) is 35.1 Å². The highest BCUT2D eigenvalue weighted by atomic mass is 16.3. The van der Waals surface area contributed by atoms with Gasteiger partial charge >= 0.3 is 0 Å². The predicted octanol–water partition coefficient (Wildman–Crippen LogP) is 2.72. The van der Waals surface area contributed by atoms with E-state index >= 15 is 0 Å². The van der Waals surface area contributed by atoms with Crippen LogP contribution in [0.4, 0.5) is 5.82 Å². The monoisotopic (exact) mass is 205 g/mol. The average Bonchev–Trinajstić information content (AvgIpc) is 2.73. The first-order chi connectivity index (χ1) is 7.20. The van der Waals surface area contributed by atoms with Gasteiger partial charge in [0, 0.05) is 18.2 Å². The molecule has 0 spiro atoms. The van der Waals surface area contributed by atoms with E-state index in [9.17, 15) is 0 Å². The molecule has 2 heterocycles. The molecule has 0 fully saturated rings. The molecule has 2 rings (SSSR count). The summed E-state index contributed by atoms with van der Waals surface area (Å²) in [6.45, 7) is 6.81. The first kappa shape index (κ1) is 9.83. The van der Waals surface area contributed by atoms with Crippen molar-refractivity contribution in [2.45, 2.75) is 20.8 Å². The Morgan fingerprint density at radius 1 is 1.40 bits per heavy atom. The maximum atomic E-state index is 5.47. The number of H-pyrrole nitrogens is 1. The van der Waals surface area contributed by atoms with Gasteiger partial charge in [-0.15, -0.1) is 0 Å². The molecule has 0 unspecified atom stereocenters. The van der Waals surface area contributed by atoms with Gasteiger partial charge < -0.3 is 9.73 Å². The molecule has 4 heteroatoms. The number of nitrogens with one attached hydrogen (secondary N) is 2. The van der Waals surface area contributed by atoms with Crippen LogP contribution in [0.1, 0.15) is 18.4 Å². The fourth-order valence-electron chi connectivity index (χ4n) is 1.63. The quantitative estimate of drug-likeness (QED) is 0.810. The van der Waals surface area contributed by atoms with E-state index in [1.54, 1.807) is 0 Å². The minimum absolute atomic E-state index is 0.866. The Morgan fingerprint density at radius 2 is 2.20 bits per heavy atom. The zero-order valence-corrected chi connectivity index (χ0v) is 9.22. The highest BCUT2D eigenvalue weighted by Gasteiger charge is 2.09. The number of aromatic amines is 1. The Hall–Kier alpha value is -1.71. The van der Waals surface area contributed by atoms with Gasteiger partial charge in [-0.05, 0) is 26.8 Å². The van der Waals surface area contributed by atoms with Crippen LogP contribution in [0, 0.1) is 13.8 Å². The molecule has 0 saturated carbocycles. The number of hydrogen-bond donors (Lipinski definition) is 2. The normalized spacial score (nSPS) is 10.6. The summed E-state index contributed by atoms with van der Waals surface area (Å²) in [7, 11) is 0. The third kappa shape index (κ3) is 1.88. The molecule has 0 aliphatic rings. The minimum atomic E-state index is 0.866. The third-order valence-electron chi connectivity index (χ3n) is 2.27. The summed E-state index contributed by atoms with van der Waals surface area (Å²) in [6, 6.07) is 4.00. The smallest absolute Gasteiger partial charge is 0.148 e. The molecule has 2 aromatic heterocycles. The number of furan rings is 1.